The summed E-state index contributed by atoms with van der Waals surface area (Å²) in [5, 5.41) is 29.8. The van der Waals surface area contributed by atoms with Gasteiger partial charge in [0.1, 0.15) is 5.75 Å². The van der Waals surface area contributed by atoms with Crippen LogP contribution < -0.4 is 0 Å². The first kappa shape index (κ1) is 11.2. The van der Waals surface area contributed by atoms with Crippen LogP contribution in [0.1, 0.15) is 0 Å². The van der Waals surface area contributed by atoms with Crippen molar-refractivity contribution in [1.82, 2.24) is 15.0 Å². The molecule has 1 aromatic heterocycles. The number of fused-ring (bicyclic) bond motifs is 1. The first-order valence-corrected chi connectivity index (χ1v) is 5.50. The highest BCUT2D eigenvalue weighted by Gasteiger charge is 2.11. The molecule has 3 rings (SSSR count). The van der Waals surface area contributed by atoms with Crippen molar-refractivity contribution in [1.29, 1.82) is 0 Å². The predicted molar refractivity (Wildman–Crippen MR) is 67.8 cm³/mol. The van der Waals surface area contributed by atoms with Crippen LogP contribution in [0.25, 0.3) is 22.2 Å². The smallest absolute Gasteiger partial charge is 0.320 e. The first-order chi connectivity index (χ1) is 9.15. The topological polar surface area (TPSA) is 99.4 Å². The Balaban J connectivity index is 2.34. The van der Waals surface area contributed by atoms with E-state index in [1.807, 2.05) is 6.07 Å². The average molecular weight is 255 g/mol. The molecule has 19 heavy (non-hydrogen) atoms. The zero-order valence-corrected chi connectivity index (χ0v) is 9.65. The molecule has 0 aliphatic heterocycles. The summed E-state index contributed by atoms with van der Waals surface area (Å²) in [6.45, 7) is 0. The minimum atomic E-state index is -0.556. The van der Waals surface area contributed by atoms with Crippen molar-refractivity contribution in [2.24, 2.45) is 0 Å². The lowest BCUT2D eigenvalue weighted by Gasteiger charge is -2.07. The van der Waals surface area contributed by atoms with Gasteiger partial charge in [-0.05, 0) is 17.5 Å². The molecule has 6 heteroatoms. The maximum Gasteiger partial charge on any atom is 0.320 e. The fourth-order valence-corrected chi connectivity index (χ4v) is 1.95. The van der Waals surface area contributed by atoms with Crippen molar-refractivity contribution in [2.75, 3.05) is 0 Å². The Hall–Kier alpha value is -2.89. The third-order valence-corrected chi connectivity index (χ3v) is 2.75. The summed E-state index contributed by atoms with van der Waals surface area (Å²) in [6, 6.07) is 9.18. The number of rotatable bonds is 1. The Labute approximate surface area is 107 Å². The van der Waals surface area contributed by atoms with Gasteiger partial charge in [-0.3, -0.25) is 0 Å². The summed E-state index contributed by atoms with van der Waals surface area (Å²) in [7, 11) is 0. The molecule has 0 atom stereocenters. The quantitative estimate of drug-likeness (QED) is 0.613. The predicted octanol–water partition coefficient (Wildman–Crippen LogP) is 1.81. The van der Waals surface area contributed by atoms with Gasteiger partial charge in [0.2, 0.25) is 0 Å². The number of phenols is 1. The van der Waals surface area contributed by atoms with E-state index in [1.54, 1.807) is 24.3 Å². The Bertz CT molecular complexity index is 754. The molecule has 1 heterocycles. The molecule has 0 aliphatic carbocycles. The lowest BCUT2D eigenvalue weighted by molar-refractivity contribution is 0.383. The Kier molecular flexibility index (Phi) is 2.42. The van der Waals surface area contributed by atoms with Crippen LogP contribution in [0.3, 0.4) is 0 Å². The summed E-state index contributed by atoms with van der Waals surface area (Å²) < 4.78 is 0. The van der Waals surface area contributed by atoms with Gasteiger partial charge in [0.15, 0.2) is 5.82 Å². The van der Waals surface area contributed by atoms with Crippen LogP contribution in [0.5, 0.6) is 17.8 Å². The van der Waals surface area contributed by atoms with Gasteiger partial charge >= 0.3 is 12.0 Å². The zero-order chi connectivity index (χ0) is 13.4. The molecule has 0 bridgehead atoms. The number of aromatic nitrogens is 3. The van der Waals surface area contributed by atoms with Crippen molar-refractivity contribution >= 4 is 10.8 Å². The van der Waals surface area contributed by atoms with E-state index in [4.69, 9.17) is 0 Å². The van der Waals surface area contributed by atoms with Crippen LogP contribution in [0.2, 0.25) is 0 Å². The van der Waals surface area contributed by atoms with E-state index in [0.717, 1.165) is 0 Å². The van der Waals surface area contributed by atoms with Gasteiger partial charge in [-0.1, -0.05) is 24.3 Å². The second-order valence-corrected chi connectivity index (χ2v) is 3.94. The monoisotopic (exact) mass is 255 g/mol. The van der Waals surface area contributed by atoms with E-state index in [9.17, 15) is 15.3 Å². The van der Waals surface area contributed by atoms with Crippen molar-refractivity contribution in [3.05, 3.63) is 36.4 Å². The number of benzene rings is 2. The standard InChI is InChI=1S/C13H9N3O3/c17-10-6-5-9(7-3-1-2-4-8(7)10)11-14-12(18)16-13(19)15-11/h1-6,17H,(H2,14,15,16,18,19). The van der Waals surface area contributed by atoms with Crippen molar-refractivity contribution in [3.63, 3.8) is 0 Å². The van der Waals surface area contributed by atoms with E-state index in [2.05, 4.69) is 15.0 Å². The summed E-state index contributed by atoms with van der Waals surface area (Å²) in [5.74, 6) is 0.281. The van der Waals surface area contributed by atoms with Crippen LogP contribution in [-0.2, 0) is 0 Å². The van der Waals surface area contributed by atoms with Gasteiger partial charge in [0.25, 0.3) is 0 Å². The van der Waals surface area contributed by atoms with Crippen molar-refractivity contribution < 1.29 is 15.3 Å². The maximum atomic E-state index is 9.80. The summed E-state index contributed by atoms with van der Waals surface area (Å²) >= 11 is 0. The molecule has 6 nitrogen and oxygen atoms in total. The summed E-state index contributed by atoms with van der Waals surface area (Å²) in [6.07, 6.45) is 0. The third kappa shape index (κ3) is 1.89. The van der Waals surface area contributed by atoms with Gasteiger partial charge in [-0.25, -0.2) is 0 Å². The molecule has 0 saturated carbocycles. The summed E-state index contributed by atoms with van der Waals surface area (Å²) in [4.78, 5) is 10.8. The van der Waals surface area contributed by atoms with Gasteiger partial charge in [-0.15, -0.1) is 4.98 Å². The SMILES string of the molecule is Oc1nc(O)nc(-c2ccc(O)c3ccccc23)n1. The molecule has 3 N–H and O–H groups in total. The van der Waals surface area contributed by atoms with E-state index < -0.39 is 12.0 Å². The fraction of sp³-hybridized carbons (Fsp3) is 0. The minimum Gasteiger partial charge on any atom is -0.507 e. The largest absolute Gasteiger partial charge is 0.507 e. The van der Waals surface area contributed by atoms with Crippen LogP contribution >= 0.6 is 0 Å². The number of phenolic OH excluding ortho intramolecular Hbond substituents is 1. The minimum absolute atomic E-state index is 0.140. The molecule has 0 amide bonds. The highest BCUT2D eigenvalue weighted by atomic mass is 16.3. The molecule has 2 aromatic carbocycles. The lowest BCUT2D eigenvalue weighted by Crippen LogP contribution is -1.93. The second kappa shape index (κ2) is 4.09. The summed E-state index contributed by atoms with van der Waals surface area (Å²) in [5.41, 5.74) is 0.585. The molecule has 0 fully saturated rings. The second-order valence-electron chi connectivity index (χ2n) is 3.94. The Morgan fingerprint density at radius 1 is 0.684 bits per heavy atom. The Morgan fingerprint density at radius 3 is 2.00 bits per heavy atom. The maximum absolute atomic E-state index is 9.80. The third-order valence-electron chi connectivity index (χ3n) is 2.75. The molecule has 0 saturated heterocycles. The van der Waals surface area contributed by atoms with Crippen LogP contribution in [0, 0.1) is 0 Å². The van der Waals surface area contributed by atoms with Crippen LogP contribution in [-0.4, -0.2) is 30.3 Å². The molecular weight excluding hydrogens is 246 g/mol. The van der Waals surface area contributed by atoms with E-state index in [0.29, 0.717) is 16.3 Å². The van der Waals surface area contributed by atoms with Crippen molar-refractivity contribution in [3.8, 4) is 29.2 Å². The van der Waals surface area contributed by atoms with E-state index in [-0.39, 0.29) is 11.6 Å². The molecule has 94 valence electrons. The highest BCUT2D eigenvalue weighted by Crippen LogP contribution is 2.32. The Morgan fingerprint density at radius 2 is 1.32 bits per heavy atom. The highest BCUT2D eigenvalue weighted by molar-refractivity contribution is 5.98. The van der Waals surface area contributed by atoms with Gasteiger partial charge < -0.3 is 15.3 Å². The fourth-order valence-electron chi connectivity index (χ4n) is 1.95. The van der Waals surface area contributed by atoms with Crippen LogP contribution in [0.15, 0.2) is 36.4 Å². The molecule has 0 radical (unpaired) electrons. The van der Waals surface area contributed by atoms with Gasteiger partial charge in [0, 0.05) is 10.9 Å². The molecule has 3 aromatic rings. The van der Waals surface area contributed by atoms with E-state index in [1.165, 1.54) is 6.07 Å². The van der Waals surface area contributed by atoms with Crippen LogP contribution in [0.4, 0.5) is 0 Å². The normalized spacial score (nSPS) is 10.7. The molecule has 0 aliphatic rings. The number of hydrogen-bond acceptors (Lipinski definition) is 6. The molecule has 0 spiro atoms. The van der Waals surface area contributed by atoms with Gasteiger partial charge in [-0.2, -0.15) is 9.97 Å². The number of aromatic hydroxyl groups is 3. The first-order valence-electron chi connectivity index (χ1n) is 5.50. The van der Waals surface area contributed by atoms with Crippen molar-refractivity contribution in [2.45, 2.75) is 0 Å². The number of hydrogen-bond donors (Lipinski definition) is 3. The molecule has 0 unspecified atom stereocenters. The van der Waals surface area contributed by atoms with Gasteiger partial charge in [0.05, 0.1) is 0 Å². The van der Waals surface area contributed by atoms with E-state index >= 15 is 0 Å². The average Bonchev–Trinajstić information content (AvgIpc) is 2.38. The number of nitrogens with zero attached hydrogens (tertiary/aromatic N) is 3. The molecular formula is C13H9N3O3. The lowest BCUT2D eigenvalue weighted by atomic mass is 10.0. The zero-order valence-electron chi connectivity index (χ0n) is 9.65.